The SMILES string of the molecule is CC1(C)CCc2c1nc1cccc(Br)c1c2C(=O)O. The summed E-state index contributed by atoms with van der Waals surface area (Å²) in [5.41, 5.74) is 2.96. The monoisotopic (exact) mass is 319 g/mol. The van der Waals surface area contributed by atoms with Crippen molar-refractivity contribution >= 4 is 32.8 Å². The van der Waals surface area contributed by atoms with Crippen LogP contribution in [0.2, 0.25) is 0 Å². The molecule has 0 spiro atoms. The molecule has 0 saturated heterocycles. The zero-order chi connectivity index (χ0) is 13.8. The van der Waals surface area contributed by atoms with Crippen molar-refractivity contribution in [3.8, 4) is 0 Å². The lowest BCUT2D eigenvalue weighted by Gasteiger charge is -2.19. The van der Waals surface area contributed by atoms with Crippen LogP contribution in [-0.2, 0) is 11.8 Å². The fourth-order valence-electron chi connectivity index (χ4n) is 2.91. The third-order valence-corrected chi connectivity index (χ3v) is 4.58. The Morgan fingerprint density at radius 2 is 2.16 bits per heavy atom. The number of hydrogen-bond acceptors (Lipinski definition) is 2. The number of pyridine rings is 1. The molecule has 1 N–H and O–H groups in total. The van der Waals surface area contributed by atoms with E-state index >= 15 is 0 Å². The van der Waals surface area contributed by atoms with Gasteiger partial charge >= 0.3 is 5.97 Å². The molecule has 1 aromatic heterocycles. The molecule has 98 valence electrons. The van der Waals surface area contributed by atoms with Crippen molar-refractivity contribution in [3.63, 3.8) is 0 Å². The summed E-state index contributed by atoms with van der Waals surface area (Å²) in [4.78, 5) is 16.4. The molecule has 0 atom stereocenters. The Labute approximate surface area is 119 Å². The predicted octanol–water partition coefficient (Wildman–Crippen LogP) is 3.92. The number of fused-ring (bicyclic) bond motifs is 2. The van der Waals surface area contributed by atoms with Gasteiger partial charge in [-0.2, -0.15) is 0 Å². The lowest BCUT2D eigenvalue weighted by atomic mass is 9.89. The van der Waals surface area contributed by atoms with Crippen LogP contribution in [0.4, 0.5) is 0 Å². The van der Waals surface area contributed by atoms with Crippen LogP contribution in [0.5, 0.6) is 0 Å². The molecule has 4 heteroatoms. The molecule has 1 aromatic carbocycles. The van der Waals surface area contributed by atoms with Gasteiger partial charge in [0, 0.05) is 15.3 Å². The van der Waals surface area contributed by atoms with E-state index in [-0.39, 0.29) is 5.41 Å². The maximum atomic E-state index is 11.7. The van der Waals surface area contributed by atoms with Crippen molar-refractivity contribution in [2.45, 2.75) is 32.1 Å². The molecule has 0 saturated carbocycles. The van der Waals surface area contributed by atoms with Gasteiger partial charge in [-0.1, -0.05) is 35.8 Å². The summed E-state index contributed by atoms with van der Waals surface area (Å²) >= 11 is 3.45. The van der Waals surface area contributed by atoms with Crippen molar-refractivity contribution in [2.75, 3.05) is 0 Å². The minimum atomic E-state index is -0.867. The number of hydrogen-bond donors (Lipinski definition) is 1. The van der Waals surface area contributed by atoms with Crippen molar-refractivity contribution in [2.24, 2.45) is 0 Å². The highest BCUT2D eigenvalue weighted by Gasteiger charge is 2.35. The number of benzene rings is 1. The van der Waals surface area contributed by atoms with E-state index in [0.29, 0.717) is 10.9 Å². The molecule has 19 heavy (non-hydrogen) atoms. The molecular weight excluding hydrogens is 306 g/mol. The quantitative estimate of drug-likeness (QED) is 0.866. The summed E-state index contributed by atoms with van der Waals surface area (Å²) in [6.45, 7) is 4.25. The third-order valence-electron chi connectivity index (χ3n) is 3.92. The predicted molar refractivity (Wildman–Crippen MR) is 77.7 cm³/mol. The first-order chi connectivity index (χ1) is 8.92. The third kappa shape index (κ3) is 1.77. The lowest BCUT2D eigenvalue weighted by molar-refractivity contribution is 0.0698. The van der Waals surface area contributed by atoms with Crippen molar-refractivity contribution in [1.29, 1.82) is 0 Å². The van der Waals surface area contributed by atoms with E-state index in [9.17, 15) is 9.90 Å². The van der Waals surface area contributed by atoms with Gasteiger partial charge < -0.3 is 5.11 Å². The van der Waals surface area contributed by atoms with Crippen LogP contribution in [0.3, 0.4) is 0 Å². The zero-order valence-corrected chi connectivity index (χ0v) is 12.4. The van der Waals surface area contributed by atoms with Gasteiger partial charge in [0.05, 0.1) is 16.8 Å². The molecule has 1 aliphatic rings. The number of carboxylic acids is 1. The van der Waals surface area contributed by atoms with Crippen molar-refractivity contribution in [1.82, 2.24) is 4.98 Å². The zero-order valence-electron chi connectivity index (χ0n) is 10.8. The van der Waals surface area contributed by atoms with Crippen LogP contribution in [-0.4, -0.2) is 16.1 Å². The first-order valence-corrected chi connectivity index (χ1v) is 7.06. The normalized spacial score (nSPS) is 16.6. The second kappa shape index (κ2) is 4.04. The molecule has 2 aromatic rings. The standard InChI is InChI=1S/C15H14BrNO2/c1-15(2)7-6-8-11(14(18)19)12-9(16)4-3-5-10(12)17-13(8)15/h3-5H,6-7H2,1-2H3,(H,18,19). The first kappa shape index (κ1) is 12.6. The van der Waals surface area contributed by atoms with Gasteiger partial charge in [-0.3, -0.25) is 4.98 Å². The minimum absolute atomic E-state index is 0.0456. The highest BCUT2D eigenvalue weighted by Crippen LogP contribution is 2.42. The first-order valence-electron chi connectivity index (χ1n) is 6.27. The van der Waals surface area contributed by atoms with E-state index in [4.69, 9.17) is 4.98 Å². The molecule has 1 heterocycles. The molecule has 0 amide bonds. The van der Waals surface area contributed by atoms with Gasteiger partial charge in [-0.25, -0.2) is 4.79 Å². The summed E-state index contributed by atoms with van der Waals surface area (Å²) in [6.07, 6.45) is 1.73. The van der Waals surface area contributed by atoms with Crippen molar-refractivity contribution in [3.05, 3.63) is 39.5 Å². The number of carbonyl (C=O) groups is 1. The Balaban J connectivity index is 2.50. The van der Waals surface area contributed by atoms with Gasteiger partial charge in [0.2, 0.25) is 0 Å². The molecule has 3 nitrogen and oxygen atoms in total. The largest absolute Gasteiger partial charge is 0.478 e. The van der Waals surface area contributed by atoms with Crippen LogP contribution < -0.4 is 0 Å². The highest BCUT2D eigenvalue weighted by molar-refractivity contribution is 9.10. The van der Waals surface area contributed by atoms with Gasteiger partial charge in [0.1, 0.15) is 0 Å². The van der Waals surface area contributed by atoms with E-state index < -0.39 is 5.97 Å². The molecule has 0 aliphatic heterocycles. The van der Waals surface area contributed by atoms with E-state index in [2.05, 4.69) is 29.8 Å². The Morgan fingerprint density at radius 3 is 2.84 bits per heavy atom. The number of aromatic nitrogens is 1. The van der Waals surface area contributed by atoms with E-state index in [1.165, 1.54) is 0 Å². The van der Waals surface area contributed by atoms with Crippen LogP contribution in [0.25, 0.3) is 10.9 Å². The number of aromatic carboxylic acids is 1. The molecule has 1 aliphatic carbocycles. The molecule has 0 fully saturated rings. The molecule has 3 rings (SSSR count). The number of halogens is 1. The number of nitrogens with zero attached hydrogens (tertiary/aromatic N) is 1. The number of carboxylic acid groups (broad SMARTS) is 1. The average molecular weight is 320 g/mol. The van der Waals surface area contributed by atoms with Crippen LogP contribution in [0.1, 0.15) is 41.9 Å². The topological polar surface area (TPSA) is 50.2 Å². The average Bonchev–Trinajstić information content (AvgIpc) is 2.63. The van der Waals surface area contributed by atoms with Crippen molar-refractivity contribution < 1.29 is 9.90 Å². The van der Waals surface area contributed by atoms with Gasteiger partial charge in [-0.15, -0.1) is 0 Å². The van der Waals surface area contributed by atoms with Crippen LogP contribution in [0.15, 0.2) is 22.7 Å². The van der Waals surface area contributed by atoms with Gasteiger partial charge in [0.15, 0.2) is 0 Å². The van der Waals surface area contributed by atoms with Crippen LogP contribution in [0, 0.1) is 0 Å². The maximum Gasteiger partial charge on any atom is 0.336 e. The summed E-state index contributed by atoms with van der Waals surface area (Å²) in [7, 11) is 0. The summed E-state index contributed by atoms with van der Waals surface area (Å²) in [6, 6.07) is 5.63. The molecule has 0 radical (unpaired) electrons. The Hall–Kier alpha value is -1.42. The van der Waals surface area contributed by atoms with E-state index in [0.717, 1.165) is 34.1 Å². The molecular formula is C15H14BrNO2. The molecule has 0 bridgehead atoms. The fraction of sp³-hybridized carbons (Fsp3) is 0.333. The van der Waals surface area contributed by atoms with Gasteiger partial charge in [0.25, 0.3) is 0 Å². The fourth-order valence-corrected chi connectivity index (χ4v) is 3.46. The summed E-state index contributed by atoms with van der Waals surface area (Å²) < 4.78 is 0.794. The lowest BCUT2D eigenvalue weighted by Crippen LogP contribution is -2.15. The number of rotatable bonds is 1. The second-order valence-electron chi connectivity index (χ2n) is 5.64. The smallest absolute Gasteiger partial charge is 0.336 e. The highest BCUT2D eigenvalue weighted by atomic mass is 79.9. The summed E-state index contributed by atoms with van der Waals surface area (Å²) in [5.74, 6) is -0.867. The Morgan fingerprint density at radius 1 is 1.42 bits per heavy atom. The Bertz CT molecular complexity index is 707. The van der Waals surface area contributed by atoms with Gasteiger partial charge in [-0.05, 0) is 30.5 Å². The second-order valence-corrected chi connectivity index (χ2v) is 6.49. The maximum absolute atomic E-state index is 11.7. The van der Waals surface area contributed by atoms with E-state index in [1.54, 1.807) is 0 Å². The minimum Gasteiger partial charge on any atom is -0.478 e. The summed E-state index contributed by atoms with van der Waals surface area (Å²) in [5, 5.41) is 10.3. The molecule has 0 unspecified atom stereocenters. The van der Waals surface area contributed by atoms with Crippen LogP contribution >= 0.6 is 15.9 Å². The van der Waals surface area contributed by atoms with E-state index in [1.807, 2.05) is 18.2 Å². The Kier molecular flexibility index (Phi) is 2.68.